The number of halogens is 1. The summed E-state index contributed by atoms with van der Waals surface area (Å²) in [6.45, 7) is 1.40. The third-order valence-corrected chi connectivity index (χ3v) is 2.99. The van der Waals surface area contributed by atoms with Gasteiger partial charge in [0.1, 0.15) is 0 Å². The van der Waals surface area contributed by atoms with Crippen molar-refractivity contribution >= 4 is 21.8 Å². The van der Waals surface area contributed by atoms with Gasteiger partial charge in [-0.15, -0.1) is 0 Å². The molecule has 0 spiro atoms. The lowest BCUT2D eigenvalue weighted by Gasteiger charge is -2.16. The van der Waals surface area contributed by atoms with Gasteiger partial charge in [0.05, 0.1) is 0 Å². The second kappa shape index (κ2) is 4.77. The normalized spacial score (nSPS) is 21.9. The van der Waals surface area contributed by atoms with Gasteiger partial charge in [-0.05, 0) is 17.7 Å². The molecule has 1 aromatic rings. The van der Waals surface area contributed by atoms with E-state index in [2.05, 4.69) is 38.7 Å². The Morgan fingerprint density at radius 2 is 2.27 bits per heavy atom. The van der Waals surface area contributed by atoms with E-state index in [1.807, 2.05) is 12.1 Å². The highest BCUT2D eigenvalue weighted by Gasteiger charge is 2.16. The molecule has 1 amide bonds. The maximum Gasteiger partial charge on any atom is 0.221 e. The van der Waals surface area contributed by atoms with Crippen molar-refractivity contribution in [2.45, 2.75) is 12.5 Å². The van der Waals surface area contributed by atoms with Gasteiger partial charge >= 0.3 is 0 Å². The molecule has 3 nitrogen and oxygen atoms in total. The van der Waals surface area contributed by atoms with Crippen LogP contribution < -0.4 is 10.6 Å². The Hall–Kier alpha value is -0.870. The lowest BCUT2D eigenvalue weighted by Crippen LogP contribution is -2.28. The average molecular weight is 269 g/mol. The van der Waals surface area contributed by atoms with E-state index in [-0.39, 0.29) is 11.9 Å². The fourth-order valence-electron chi connectivity index (χ4n) is 1.70. The highest BCUT2D eigenvalue weighted by atomic mass is 79.9. The van der Waals surface area contributed by atoms with Crippen LogP contribution in [0.25, 0.3) is 0 Å². The predicted molar refractivity (Wildman–Crippen MR) is 62.5 cm³/mol. The number of hydrogen-bond donors (Lipinski definition) is 2. The molecule has 80 valence electrons. The van der Waals surface area contributed by atoms with Crippen molar-refractivity contribution in [3.05, 3.63) is 34.3 Å². The van der Waals surface area contributed by atoms with Crippen LogP contribution in [-0.4, -0.2) is 19.0 Å². The molecule has 0 aromatic heterocycles. The molecule has 15 heavy (non-hydrogen) atoms. The summed E-state index contributed by atoms with van der Waals surface area (Å²) >= 11 is 3.45. The van der Waals surface area contributed by atoms with Crippen molar-refractivity contribution in [1.82, 2.24) is 10.6 Å². The van der Waals surface area contributed by atoms with Gasteiger partial charge in [0.15, 0.2) is 0 Å². The first-order chi connectivity index (χ1) is 7.25. The molecule has 1 aromatic carbocycles. The molecule has 4 heteroatoms. The van der Waals surface area contributed by atoms with E-state index in [1.54, 1.807) is 0 Å². The summed E-state index contributed by atoms with van der Waals surface area (Å²) in [5.41, 5.74) is 1.20. The first kappa shape index (κ1) is 10.6. The zero-order chi connectivity index (χ0) is 10.7. The van der Waals surface area contributed by atoms with E-state index in [0.717, 1.165) is 11.0 Å². The maximum atomic E-state index is 11.2. The quantitative estimate of drug-likeness (QED) is 0.813. The molecule has 1 atom stereocenters. The van der Waals surface area contributed by atoms with Crippen LogP contribution in [0.5, 0.6) is 0 Å². The fourth-order valence-corrected chi connectivity index (χ4v) is 2.11. The Balaban J connectivity index is 2.13. The smallest absolute Gasteiger partial charge is 0.221 e. The van der Waals surface area contributed by atoms with Crippen LogP contribution in [0.4, 0.5) is 0 Å². The van der Waals surface area contributed by atoms with Gasteiger partial charge in [-0.25, -0.2) is 0 Å². The van der Waals surface area contributed by atoms with Crippen LogP contribution >= 0.6 is 15.9 Å². The molecule has 0 saturated carbocycles. The topological polar surface area (TPSA) is 41.1 Å². The third kappa shape index (κ3) is 2.79. The molecule has 1 unspecified atom stereocenters. The van der Waals surface area contributed by atoms with Gasteiger partial charge in [-0.2, -0.15) is 0 Å². The molecule has 1 heterocycles. The van der Waals surface area contributed by atoms with E-state index in [0.29, 0.717) is 13.0 Å². The molecule has 2 N–H and O–H groups in total. The molecule has 1 fully saturated rings. The SMILES string of the molecule is O=C1CCNC(c2cccc(Br)c2)CN1. The van der Waals surface area contributed by atoms with Crippen molar-refractivity contribution in [3.63, 3.8) is 0 Å². The fraction of sp³-hybridized carbons (Fsp3) is 0.364. The standard InChI is InChI=1S/C11H13BrN2O/c12-9-3-1-2-8(6-9)10-7-14-11(15)4-5-13-10/h1-3,6,10,13H,4-5,7H2,(H,14,15). The van der Waals surface area contributed by atoms with Crippen molar-refractivity contribution in [2.24, 2.45) is 0 Å². The van der Waals surface area contributed by atoms with Crippen LogP contribution in [-0.2, 0) is 4.79 Å². The molecule has 1 aliphatic rings. The third-order valence-electron chi connectivity index (χ3n) is 2.50. The lowest BCUT2D eigenvalue weighted by atomic mass is 10.1. The number of benzene rings is 1. The highest BCUT2D eigenvalue weighted by Crippen LogP contribution is 2.18. The Kier molecular flexibility index (Phi) is 3.38. The molecule has 1 saturated heterocycles. The van der Waals surface area contributed by atoms with Crippen LogP contribution in [0.1, 0.15) is 18.0 Å². The van der Waals surface area contributed by atoms with Gasteiger partial charge in [0.2, 0.25) is 5.91 Å². The minimum atomic E-state index is 0.125. The minimum Gasteiger partial charge on any atom is -0.354 e. The second-order valence-electron chi connectivity index (χ2n) is 3.62. The number of amides is 1. The molecular formula is C11H13BrN2O. The zero-order valence-electron chi connectivity index (χ0n) is 8.29. The van der Waals surface area contributed by atoms with Gasteiger partial charge in [0.25, 0.3) is 0 Å². The van der Waals surface area contributed by atoms with Crippen molar-refractivity contribution in [1.29, 1.82) is 0 Å². The molecule has 2 rings (SSSR count). The highest BCUT2D eigenvalue weighted by molar-refractivity contribution is 9.10. The summed E-state index contributed by atoms with van der Waals surface area (Å²) in [6.07, 6.45) is 0.560. The average Bonchev–Trinajstić information content (AvgIpc) is 2.43. The molecule has 0 radical (unpaired) electrons. The van der Waals surface area contributed by atoms with E-state index in [4.69, 9.17) is 0 Å². The number of hydrogen-bond acceptors (Lipinski definition) is 2. The largest absolute Gasteiger partial charge is 0.354 e. The summed E-state index contributed by atoms with van der Waals surface area (Å²) in [5.74, 6) is 0.125. The van der Waals surface area contributed by atoms with E-state index >= 15 is 0 Å². The molecule has 1 aliphatic heterocycles. The lowest BCUT2D eigenvalue weighted by molar-refractivity contribution is -0.120. The van der Waals surface area contributed by atoms with Crippen molar-refractivity contribution < 1.29 is 4.79 Å². The molecule has 0 aliphatic carbocycles. The molecule has 0 bridgehead atoms. The first-order valence-electron chi connectivity index (χ1n) is 5.01. The van der Waals surface area contributed by atoms with Crippen LogP contribution in [0.15, 0.2) is 28.7 Å². The van der Waals surface area contributed by atoms with Gasteiger partial charge < -0.3 is 10.6 Å². The van der Waals surface area contributed by atoms with Gasteiger partial charge in [-0.1, -0.05) is 28.1 Å². The second-order valence-corrected chi connectivity index (χ2v) is 4.53. The minimum absolute atomic E-state index is 0.125. The monoisotopic (exact) mass is 268 g/mol. The maximum absolute atomic E-state index is 11.2. The number of nitrogens with one attached hydrogen (secondary N) is 2. The number of carbonyl (C=O) groups is 1. The van der Waals surface area contributed by atoms with Gasteiger partial charge in [-0.3, -0.25) is 4.79 Å². The predicted octanol–water partition coefficient (Wildman–Crippen LogP) is 1.60. The van der Waals surface area contributed by atoms with Crippen LogP contribution in [0.2, 0.25) is 0 Å². The summed E-state index contributed by atoms with van der Waals surface area (Å²) in [5, 5.41) is 6.25. The Morgan fingerprint density at radius 1 is 1.40 bits per heavy atom. The van der Waals surface area contributed by atoms with E-state index in [9.17, 15) is 4.79 Å². The summed E-state index contributed by atoms with van der Waals surface area (Å²) in [4.78, 5) is 11.2. The Labute approximate surface area is 97.4 Å². The van der Waals surface area contributed by atoms with Crippen LogP contribution in [0, 0.1) is 0 Å². The Bertz CT molecular complexity index is 367. The van der Waals surface area contributed by atoms with Gasteiger partial charge in [0, 0.05) is 30.0 Å². The zero-order valence-corrected chi connectivity index (χ0v) is 9.88. The van der Waals surface area contributed by atoms with Crippen molar-refractivity contribution in [2.75, 3.05) is 13.1 Å². The number of carbonyl (C=O) groups excluding carboxylic acids is 1. The summed E-state index contributed by atoms with van der Waals surface area (Å²) in [7, 11) is 0. The number of rotatable bonds is 1. The van der Waals surface area contributed by atoms with Crippen LogP contribution in [0.3, 0.4) is 0 Å². The molecular weight excluding hydrogens is 256 g/mol. The summed E-state index contributed by atoms with van der Waals surface area (Å²) < 4.78 is 1.07. The van der Waals surface area contributed by atoms with E-state index in [1.165, 1.54) is 5.56 Å². The summed E-state index contributed by atoms with van der Waals surface area (Å²) in [6, 6.07) is 8.37. The Morgan fingerprint density at radius 3 is 3.07 bits per heavy atom. The van der Waals surface area contributed by atoms with E-state index < -0.39 is 0 Å². The first-order valence-corrected chi connectivity index (χ1v) is 5.80. The van der Waals surface area contributed by atoms with Crippen molar-refractivity contribution in [3.8, 4) is 0 Å².